The van der Waals surface area contributed by atoms with Crippen molar-refractivity contribution in [2.24, 2.45) is 0 Å². The average Bonchev–Trinajstić information content (AvgIpc) is 2.85. The van der Waals surface area contributed by atoms with E-state index in [1.165, 1.54) is 24.3 Å². The van der Waals surface area contributed by atoms with Crippen LogP contribution in [0.25, 0.3) is 0 Å². The van der Waals surface area contributed by atoms with Gasteiger partial charge in [0, 0.05) is 10.7 Å². The fourth-order valence-corrected chi connectivity index (χ4v) is 1.79. The zero-order valence-corrected chi connectivity index (χ0v) is 11.7. The second kappa shape index (κ2) is 6.33. The highest BCUT2D eigenvalue weighted by atomic mass is 79.9. The van der Waals surface area contributed by atoms with Gasteiger partial charge in [0.2, 0.25) is 0 Å². The second-order valence-corrected chi connectivity index (χ2v) is 4.75. The number of hydrogen-bond acceptors (Lipinski definition) is 3. The van der Waals surface area contributed by atoms with E-state index in [2.05, 4.69) is 26.2 Å². The lowest BCUT2D eigenvalue weighted by molar-refractivity contribution is -0.119. The topological polar surface area (TPSA) is 71.2 Å². The summed E-state index contributed by atoms with van der Waals surface area (Å²) in [5.41, 5.74) is 0.256. The number of hydrogen-bond donors (Lipinski definition) is 2. The van der Waals surface area contributed by atoms with Crippen LogP contribution < -0.4 is 5.32 Å². The maximum atomic E-state index is 13.3. The first-order valence-corrected chi connectivity index (χ1v) is 6.41. The van der Waals surface area contributed by atoms with Crippen molar-refractivity contribution in [1.29, 1.82) is 0 Å². The number of aromatic nitrogens is 1. The molecule has 2 N–H and O–H groups in total. The zero-order chi connectivity index (χ0) is 14.5. The van der Waals surface area contributed by atoms with Gasteiger partial charge in [-0.3, -0.25) is 4.79 Å². The third kappa shape index (κ3) is 3.67. The molecule has 2 rings (SSSR count). The van der Waals surface area contributed by atoms with Crippen molar-refractivity contribution in [1.82, 2.24) is 4.98 Å². The normalized spacial score (nSPS) is 10.1. The third-order valence-electron chi connectivity index (χ3n) is 2.35. The maximum Gasteiger partial charge on any atom is 0.355 e. The van der Waals surface area contributed by atoms with Crippen LogP contribution in [0.1, 0.15) is 10.5 Å². The van der Waals surface area contributed by atoms with Crippen molar-refractivity contribution in [3.63, 3.8) is 0 Å². The summed E-state index contributed by atoms with van der Waals surface area (Å²) >= 11 is 3.17. The van der Waals surface area contributed by atoms with Gasteiger partial charge >= 0.3 is 5.97 Å². The zero-order valence-electron chi connectivity index (χ0n) is 10.2. The van der Waals surface area contributed by atoms with E-state index in [0.29, 0.717) is 4.47 Å². The molecule has 0 aliphatic heterocycles. The first-order chi connectivity index (χ1) is 9.56. The molecule has 2 aromatic rings. The summed E-state index contributed by atoms with van der Waals surface area (Å²) in [4.78, 5) is 25.8. The fourth-order valence-electron chi connectivity index (χ4n) is 1.44. The average molecular weight is 341 g/mol. The summed E-state index contributed by atoms with van der Waals surface area (Å²) in [6, 6.07) is 7.25. The highest BCUT2D eigenvalue weighted by Crippen LogP contribution is 2.13. The van der Waals surface area contributed by atoms with E-state index in [4.69, 9.17) is 4.74 Å². The largest absolute Gasteiger partial charge is 0.451 e. The summed E-state index contributed by atoms with van der Waals surface area (Å²) in [7, 11) is 0. The number of rotatable bonds is 4. The number of anilines is 1. The Kier molecular flexibility index (Phi) is 4.52. The lowest BCUT2D eigenvalue weighted by Crippen LogP contribution is -2.21. The number of esters is 1. The van der Waals surface area contributed by atoms with E-state index >= 15 is 0 Å². The molecule has 104 valence electrons. The SMILES string of the molecule is O=C(COC(=O)c1cc(Br)c[nH]1)Nc1ccccc1F. The molecular formula is C13H10BrFN2O3. The van der Waals surface area contributed by atoms with Crippen molar-refractivity contribution in [3.05, 3.63) is 52.5 Å². The molecule has 5 nitrogen and oxygen atoms in total. The molecule has 7 heteroatoms. The summed E-state index contributed by atoms with van der Waals surface area (Å²) in [6.45, 7) is -0.496. The lowest BCUT2D eigenvalue weighted by atomic mass is 10.3. The van der Waals surface area contributed by atoms with Crippen molar-refractivity contribution in [3.8, 4) is 0 Å². The predicted octanol–water partition coefficient (Wildman–Crippen LogP) is 2.71. The monoisotopic (exact) mass is 340 g/mol. The van der Waals surface area contributed by atoms with Gasteiger partial charge in [-0.05, 0) is 34.1 Å². The molecule has 0 aliphatic rings. The Bertz CT molecular complexity index is 642. The van der Waals surface area contributed by atoms with E-state index in [1.54, 1.807) is 12.3 Å². The smallest absolute Gasteiger partial charge is 0.355 e. The highest BCUT2D eigenvalue weighted by Gasteiger charge is 2.12. The number of nitrogens with one attached hydrogen (secondary N) is 2. The van der Waals surface area contributed by atoms with Crippen LogP contribution in [0, 0.1) is 5.82 Å². The van der Waals surface area contributed by atoms with E-state index < -0.39 is 24.3 Å². The standard InChI is InChI=1S/C13H10BrFN2O3/c14-8-5-11(16-6-8)13(19)20-7-12(18)17-10-4-2-1-3-9(10)15/h1-6,16H,7H2,(H,17,18). The molecule has 0 spiro atoms. The van der Waals surface area contributed by atoms with Crippen molar-refractivity contribution < 1.29 is 18.7 Å². The van der Waals surface area contributed by atoms with Gasteiger partial charge in [-0.15, -0.1) is 0 Å². The molecule has 0 atom stereocenters. The molecule has 0 aliphatic carbocycles. The van der Waals surface area contributed by atoms with Crippen LogP contribution in [0.15, 0.2) is 41.0 Å². The Morgan fingerprint density at radius 1 is 1.35 bits per heavy atom. The van der Waals surface area contributed by atoms with E-state index in [0.717, 1.165) is 0 Å². The number of carbonyl (C=O) groups excluding carboxylic acids is 2. The number of para-hydroxylation sites is 1. The molecule has 0 radical (unpaired) electrons. The third-order valence-corrected chi connectivity index (χ3v) is 2.81. The first-order valence-electron chi connectivity index (χ1n) is 5.61. The summed E-state index contributed by atoms with van der Waals surface area (Å²) in [5.74, 6) is -1.84. The van der Waals surface area contributed by atoms with Gasteiger partial charge < -0.3 is 15.0 Å². The van der Waals surface area contributed by atoms with Crippen LogP contribution in [0.3, 0.4) is 0 Å². The number of halogens is 2. The Morgan fingerprint density at radius 2 is 2.10 bits per heavy atom. The molecule has 0 bridgehead atoms. The Labute approximate surface area is 122 Å². The molecule has 0 saturated carbocycles. The minimum atomic E-state index is -0.667. The molecule has 0 saturated heterocycles. The number of ether oxygens (including phenoxy) is 1. The minimum absolute atomic E-state index is 0.0381. The number of carbonyl (C=O) groups is 2. The predicted molar refractivity (Wildman–Crippen MR) is 73.8 cm³/mol. The summed E-state index contributed by atoms with van der Waals surface area (Å²) in [5, 5.41) is 2.31. The van der Waals surface area contributed by atoms with Crippen LogP contribution in [0.2, 0.25) is 0 Å². The van der Waals surface area contributed by atoms with Crippen molar-refractivity contribution >= 4 is 33.5 Å². The van der Waals surface area contributed by atoms with Gasteiger partial charge in [0.05, 0.1) is 5.69 Å². The molecular weight excluding hydrogens is 331 g/mol. The minimum Gasteiger partial charge on any atom is -0.451 e. The molecule has 0 fully saturated rings. The van der Waals surface area contributed by atoms with Gasteiger partial charge in [0.15, 0.2) is 6.61 Å². The van der Waals surface area contributed by atoms with E-state index in [1.807, 2.05) is 0 Å². The van der Waals surface area contributed by atoms with Crippen molar-refractivity contribution in [2.75, 3.05) is 11.9 Å². The molecule has 20 heavy (non-hydrogen) atoms. The summed E-state index contributed by atoms with van der Waals surface area (Å²) < 4.78 is 18.8. The van der Waals surface area contributed by atoms with Gasteiger partial charge in [0.1, 0.15) is 11.5 Å². The second-order valence-electron chi connectivity index (χ2n) is 3.84. The van der Waals surface area contributed by atoms with Crippen LogP contribution in [-0.2, 0) is 9.53 Å². The van der Waals surface area contributed by atoms with Crippen LogP contribution in [-0.4, -0.2) is 23.5 Å². The molecule has 0 unspecified atom stereocenters. The van der Waals surface area contributed by atoms with E-state index in [-0.39, 0.29) is 11.4 Å². The van der Waals surface area contributed by atoms with Crippen LogP contribution >= 0.6 is 15.9 Å². The summed E-state index contributed by atoms with van der Waals surface area (Å²) in [6.07, 6.45) is 1.57. The Morgan fingerprint density at radius 3 is 2.75 bits per heavy atom. The number of H-pyrrole nitrogens is 1. The number of benzene rings is 1. The molecule has 1 aromatic carbocycles. The van der Waals surface area contributed by atoms with E-state index in [9.17, 15) is 14.0 Å². The number of amides is 1. The van der Waals surface area contributed by atoms with Crippen LogP contribution in [0.5, 0.6) is 0 Å². The van der Waals surface area contributed by atoms with Gasteiger partial charge in [-0.25, -0.2) is 9.18 Å². The molecule has 1 heterocycles. The maximum absolute atomic E-state index is 13.3. The van der Waals surface area contributed by atoms with Gasteiger partial charge in [-0.2, -0.15) is 0 Å². The quantitative estimate of drug-likeness (QED) is 0.840. The van der Waals surface area contributed by atoms with Crippen molar-refractivity contribution in [2.45, 2.75) is 0 Å². The Balaban J connectivity index is 1.87. The number of aromatic amines is 1. The first kappa shape index (κ1) is 14.3. The van der Waals surface area contributed by atoms with Gasteiger partial charge in [0.25, 0.3) is 5.91 Å². The van der Waals surface area contributed by atoms with Crippen LogP contribution in [0.4, 0.5) is 10.1 Å². The van der Waals surface area contributed by atoms with Gasteiger partial charge in [-0.1, -0.05) is 12.1 Å². The molecule has 1 amide bonds. The molecule has 1 aromatic heterocycles. The highest BCUT2D eigenvalue weighted by molar-refractivity contribution is 9.10. The fraction of sp³-hybridized carbons (Fsp3) is 0.0769. The lowest BCUT2D eigenvalue weighted by Gasteiger charge is -2.06. The Hall–Kier alpha value is -2.15.